The fourth-order valence-corrected chi connectivity index (χ4v) is 3.05. The number of hydrogen-bond acceptors (Lipinski definition) is 2. The van der Waals surface area contributed by atoms with Gasteiger partial charge in [0.2, 0.25) is 5.91 Å². The van der Waals surface area contributed by atoms with Crippen molar-refractivity contribution in [1.29, 1.82) is 0 Å². The molecule has 1 heterocycles. The second kappa shape index (κ2) is 4.53. The van der Waals surface area contributed by atoms with Gasteiger partial charge < -0.3 is 5.32 Å². The van der Waals surface area contributed by atoms with Crippen LogP contribution in [0.5, 0.6) is 0 Å². The van der Waals surface area contributed by atoms with Crippen LogP contribution in [0.3, 0.4) is 0 Å². The first kappa shape index (κ1) is 12.5. The Balaban J connectivity index is 1.94. The summed E-state index contributed by atoms with van der Waals surface area (Å²) < 4.78 is 0. The van der Waals surface area contributed by atoms with Crippen LogP contribution in [-0.2, 0) is 4.79 Å². The predicted octanol–water partition coefficient (Wildman–Crippen LogP) is 2.96. The predicted molar refractivity (Wildman–Crippen MR) is 73.2 cm³/mol. The van der Waals surface area contributed by atoms with Crippen molar-refractivity contribution in [1.82, 2.24) is 5.32 Å². The molecule has 1 spiro atoms. The number of halogens is 1. The van der Waals surface area contributed by atoms with Crippen LogP contribution in [0.25, 0.3) is 0 Å². The van der Waals surface area contributed by atoms with Crippen LogP contribution in [-0.4, -0.2) is 18.5 Å². The molecule has 0 atom stereocenters. The van der Waals surface area contributed by atoms with Crippen molar-refractivity contribution in [3.05, 3.63) is 29.3 Å². The van der Waals surface area contributed by atoms with Crippen LogP contribution in [0, 0.1) is 5.41 Å². The number of urea groups is 1. The van der Waals surface area contributed by atoms with Crippen molar-refractivity contribution in [2.45, 2.75) is 25.7 Å². The van der Waals surface area contributed by atoms with Crippen LogP contribution in [0.4, 0.5) is 10.5 Å². The van der Waals surface area contributed by atoms with Crippen LogP contribution in [0.1, 0.15) is 25.7 Å². The summed E-state index contributed by atoms with van der Waals surface area (Å²) in [5.74, 6) is -0.164. The topological polar surface area (TPSA) is 49.4 Å². The lowest BCUT2D eigenvalue weighted by atomic mass is 9.66. The number of nitrogens with one attached hydrogen (secondary N) is 1. The number of hydrogen-bond donors (Lipinski definition) is 1. The number of benzene rings is 1. The summed E-state index contributed by atoms with van der Waals surface area (Å²) in [6.07, 6.45) is 3.57. The highest BCUT2D eigenvalue weighted by molar-refractivity contribution is 6.35. The number of imide groups is 1. The summed E-state index contributed by atoms with van der Waals surface area (Å²) in [6.45, 7) is 0.582. The zero-order valence-corrected chi connectivity index (χ0v) is 11.2. The van der Waals surface area contributed by atoms with E-state index in [2.05, 4.69) is 5.32 Å². The molecule has 1 saturated carbocycles. The van der Waals surface area contributed by atoms with E-state index in [1.807, 2.05) is 0 Å². The van der Waals surface area contributed by atoms with E-state index >= 15 is 0 Å². The summed E-state index contributed by atoms with van der Waals surface area (Å²) in [5, 5.41) is 3.26. The van der Waals surface area contributed by atoms with E-state index in [4.69, 9.17) is 11.6 Å². The van der Waals surface area contributed by atoms with Gasteiger partial charge in [-0.1, -0.05) is 30.2 Å². The molecule has 1 saturated heterocycles. The van der Waals surface area contributed by atoms with Gasteiger partial charge in [0.15, 0.2) is 0 Å². The maximum absolute atomic E-state index is 12.4. The Morgan fingerprint density at radius 3 is 2.58 bits per heavy atom. The molecule has 0 aromatic heterocycles. The highest BCUT2D eigenvalue weighted by atomic mass is 35.5. The molecule has 1 aromatic carbocycles. The van der Waals surface area contributed by atoms with Crippen molar-refractivity contribution >= 4 is 29.2 Å². The minimum atomic E-state index is -0.373. The molecule has 19 heavy (non-hydrogen) atoms. The number of rotatable bonds is 1. The summed E-state index contributed by atoms with van der Waals surface area (Å²) in [6, 6.07) is 6.55. The number of para-hydroxylation sites is 1. The summed E-state index contributed by atoms with van der Waals surface area (Å²) >= 11 is 6.09. The van der Waals surface area contributed by atoms with Gasteiger partial charge >= 0.3 is 6.03 Å². The number of anilines is 1. The van der Waals surface area contributed by atoms with E-state index in [1.165, 1.54) is 4.90 Å². The van der Waals surface area contributed by atoms with Gasteiger partial charge in [-0.2, -0.15) is 0 Å². The van der Waals surface area contributed by atoms with Crippen LogP contribution in [0.15, 0.2) is 24.3 Å². The average molecular weight is 279 g/mol. The molecule has 1 N–H and O–H groups in total. The molecule has 2 fully saturated rings. The normalized spacial score (nSPS) is 21.8. The molecule has 1 aliphatic heterocycles. The molecule has 0 unspecified atom stereocenters. The molecule has 1 aromatic rings. The Bertz CT molecular complexity index is 540. The Morgan fingerprint density at radius 1 is 1.21 bits per heavy atom. The highest BCUT2D eigenvalue weighted by Crippen LogP contribution is 2.45. The minimum absolute atomic E-state index is 0.0250. The van der Waals surface area contributed by atoms with Gasteiger partial charge in [-0.3, -0.25) is 4.79 Å². The van der Waals surface area contributed by atoms with Gasteiger partial charge in [0.05, 0.1) is 10.7 Å². The minimum Gasteiger partial charge on any atom is -0.337 e. The van der Waals surface area contributed by atoms with Gasteiger partial charge in [-0.15, -0.1) is 0 Å². The van der Waals surface area contributed by atoms with E-state index in [-0.39, 0.29) is 17.4 Å². The Kier molecular flexibility index (Phi) is 2.97. The standard InChI is InChI=1S/C14H15ClN2O2/c15-10-4-1-2-5-11(10)17-12(18)8-14(6-3-7-14)9-16-13(17)19/h1-2,4-5H,3,6-9H2,(H,16,19). The first-order valence-corrected chi connectivity index (χ1v) is 6.84. The molecular weight excluding hydrogens is 264 g/mol. The highest BCUT2D eigenvalue weighted by Gasteiger charge is 2.44. The Morgan fingerprint density at radius 2 is 1.95 bits per heavy atom. The molecule has 2 aliphatic rings. The second-order valence-corrected chi connectivity index (χ2v) is 5.78. The van der Waals surface area contributed by atoms with Crippen molar-refractivity contribution in [2.24, 2.45) is 5.41 Å². The largest absolute Gasteiger partial charge is 0.337 e. The van der Waals surface area contributed by atoms with Gasteiger partial charge in [0.1, 0.15) is 0 Å². The van der Waals surface area contributed by atoms with Gasteiger partial charge in [-0.05, 0) is 30.4 Å². The van der Waals surface area contributed by atoms with Gasteiger partial charge in [0, 0.05) is 13.0 Å². The summed E-state index contributed by atoms with van der Waals surface area (Å²) in [7, 11) is 0. The van der Waals surface area contributed by atoms with Crippen LogP contribution >= 0.6 is 11.6 Å². The molecule has 0 bridgehead atoms. The number of amides is 3. The number of nitrogens with zero attached hydrogens (tertiary/aromatic N) is 1. The Hall–Kier alpha value is -1.55. The smallest absolute Gasteiger partial charge is 0.328 e. The molecule has 100 valence electrons. The van der Waals surface area contributed by atoms with E-state index < -0.39 is 0 Å². The fraction of sp³-hybridized carbons (Fsp3) is 0.429. The van der Waals surface area contributed by atoms with E-state index in [1.54, 1.807) is 24.3 Å². The van der Waals surface area contributed by atoms with E-state index in [0.717, 1.165) is 19.3 Å². The third-order valence-corrected chi connectivity index (χ3v) is 4.42. The monoisotopic (exact) mass is 278 g/mol. The van der Waals surface area contributed by atoms with Crippen molar-refractivity contribution in [3.63, 3.8) is 0 Å². The lowest BCUT2D eigenvalue weighted by Crippen LogP contribution is -2.42. The van der Waals surface area contributed by atoms with Crippen molar-refractivity contribution in [3.8, 4) is 0 Å². The van der Waals surface area contributed by atoms with Crippen molar-refractivity contribution < 1.29 is 9.59 Å². The maximum atomic E-state index is 12.4. The molecule has 1 aliphatic carbocycles. The fourth-order valence-electron chi connectivity index (χ4n) is 2.82. The zero-order valence-electron chi connectivity index (χ0n) is 10.5. The molecule has 0 radical (unpaired) electrons. The third-order valence-electron chi connectivity index (χ3n) is 4.10. The van der Waals surface area contributed by atoms with Crippen LogP contribution < -0.4 is 10.2 Å². The average Bonchev–Trinajstić information content (AvgIpc) is 2.47. The SMILES string of the molecule is O=C1CC2(CCC2)CNC(=O)N1c1ccccc1Cl. The quantitative estimate of drug-likeness (QED) is 0.859. The third kappa shape index (κ3) is 2.10. The van der Waals surface area contributed by atoms with E-state index in [0.29, 0.717) is 23.7 Å². The van der Waals surface area contributed by atoms with Gasteiger partial charge in [-0.25, -0.2) is 9.69 Å². The summed E-state index contributed by atoms with van der Waals surface area (Å²) in [4.78, 5) is 25.7. The molecule has 3 rings (SSSR count). The molecule has 5 heteroatoms. The number of carbonyl (C=O) groups is 2. The Labute approximate surface area is 116 Å². The summed E-state index contributed by atoms with van der Waals surface area (Å²) in [5.41, 5.74) is 0.436. The van der Waals surface area contributed by atoms with Crippen molar-refractivity contribution in [2.75, 3.05) is 11.4 Å². The van der Waals surface area contributed by atoms with Crippen LogP contribution in [0.2, 0.25) is 5.02 Å². The lowest BCUT2D eigenvalue weighted by Gasteiger charge is -2.39. The second-order valence-electron chi connectivity index (χ2n) is 5.37. The maximum Gasteiger partial charge on any atom is 0.328 e. The van der Waals surface area contributed by atoms with Gasteiger partial charge in [0.25, 0.3) is 0 Å². The zero-order chi connectivity index (χ0) is 13.5. The molecular formula is C14H15ClN2O2. The molecule has 3 amide bonds. The lowest BCUT2D eigenvalue weighted by molar-refractivity contribution is -0.120. The molecule has 4 nitrogen and oxygen atoms in total. The van der Waals surface area contributed by atoms with E-state index in [9.17, 15) is 9.59 Å². The first-order chi connectivity index (χ1) is 9.11. The number of carbonyl (C=O) groups excluding carboxylic acids is 2. The first-order valence-electron chi connectivity index (χ1n) is 6.47.